The molecule has 10 heteroatoms. The van der Waals surface area contributed by atoms with Gasteiger partial charge in [-0.1, -0.05) is 202 Å². The Morgan fingerprint density at radius 2 is 0.845 bits per heavy atom. The van der Waals surface area contributed by atoms with Crippen LogP contribution in [-0.4, -0.2) is 98.9 Å². The fourth-order valence-electron chi connectivity index (χ4n) is 9.49. The van der Waals surface area contributed by atoms with Crippen LogP contribution in [0, 0.1) is 5.92 Å². The van der Waals surface area contributed by atoms with E-state index in [1.165, 1.54) is 128 Å². The van der Waals surface area contributed by atoms with E-state index in [0.717, 1.165) is 135 Å². The Labute approximate surface area is 439 Å². The first-order chi connectivity index (χ1) is 34.5. The summed E-state index contributed by atoms with van der Waals surface area (Å²) in [6.07, 6.45) is 42.8. The lowest BCUT2D eigenvalue weighted by Gasteiger charge is -2.29. The van der Waals surface area contributed by atoms with Gasteiger partial charge in [-0.2, -0.15) is 0 Å². The molecule has 0 radical (unpaired) electrons. The van der Waals surface area contributed by atoms with Crippen LogP contribution in [0.15, 0.2) is 0 Å². The molecular weight excluding hydrogens is 891 g/mol. The zero-order chi connectivity index (χ0) is 52.3. The van der Waals surface area contributed by atoms with Crippen molar-refractivity contribution in [2.45, 2.75) is 316 Å². The van der Waals surface area contributed by atoms with Crippen molar-refractivity contribution in [3.63, 3.8) is 0 Å². The molecule has 2 unspecified atom stereocenters. The average molecular weight is 1010 g/mol. The summed E-state index contributed by atoms with van der Waals surface area (Å²) in [7, 11) is 2.10. The number of hydrogen-bond donors (Lipinski definition) is 1. The van der Waals surface area contributed by atoms with Gasteiger partial charge in [-0.15, -0.1) is 0 Å². The summed E-state index contributed by atoms with van der Waals surface area (Å²) in [6.45, 7) is 17.7. The zero-order valence-electron chi connectivity index (χ0n) is 48.1. The van der Waals surface area contributed by atoms with Crippen LogP contribution in [0.5, 0.6) is 0 Å². The first-order valence-corrected chi connectivity index (χ1v) is 30.6. The maximum Gasteiger partial charge on any atom is 0.310 e. The highest BCUT2D eigenvalue weighted by atomic mass is 16.7. The van der Waals surface area contributed by atoms with E-state index in [-0.39, 0.29) is 36.2 Å². The lowest BCUT2D eigenvalue weighted by molar-refractivity contribution is -0.172. The summed E-state index contributed by atoms with van der Waals surface area (Å²) in [5.74, 6) is 0.00993. The molecular formula is C61H119NO9. The molecule has 1 saturated heterocycles. The first-order valence-electron chi connectivity index (χ1n) is 30.6. The van der Waals surface area contributed by atoms with Crippen LogP contribution in [-0.2, 0) is 38.1 Å². The number of likely N-dealkylation sites (tertiary alicyclic amines) is 1. The monoisotopic (exact) mass is 1010 g/mol. The zero-order valence-corrected chi connectivity index (χ0v) is 48.1. The van der Waals surface area contributed by atoms with Crippen molar-refractivity contribution in [2.24, 2.45) is 5.92 Å². The van der Waals surface area contributed by atoms with Crippen molar-refractivity contribution in [1.29, 1.82) is 0 Å². The Bertz CT molecular complexity index is 1130. The van der Waals surface area contributed by atoms with Crippen molar-refractivity contribution in [1.82, 2.24) is 4.90 Å². The van der Waals surface area contributed by atoms with Gasteiger partial charge in [-0.25, -0.2) is 0 Å². The normalized spacial score (nSPS) is 14.5. The summed E-state index contributed by atoms with van der Waals surface area (Å²) < 4.78 is 29.1. The highest BCUT2D eigenvalue weighted by Crippen LogP contribution is 2.29. The van der Waals surface area contributed by atoms with E-state index in [4.69, 9.17) is 23.7 Å². The molecule has 0 aromatic rings. The highest BCUT2D eigenvalue weighted by molar-refractivity contribution is 5.76. The number of rotatable bonds is 51. The SMILES string of the molecule is CCCCCCCCC(CC(C)=O)OCCCCCCC.CCCCCCCOC(CC(=O)OCCCCCCC(O)(CCCCCCC)CCCCOC(=O)C1CCN(C)CC1)OCCCCCCC. The molecule has 1 N–H and O–H groups in total. The number of ketones is 1. The third kappa shape index (κ3) is 46.7. The van der Waals surface area contributed by atoms with Gasteiger partial charge < -0.3 is 33.7 Å². The molecule has 0 amide bonds. The number of piperidine rings is 1. The third-order valence-corrected chi connectivity index (χ3v) is 14.3. The van der Waals surface area contributed by atoms with Crippen LogP contribution in [0.3, 0.4) is 0 Å². The average Bonchev–Trinajstić information content (AvgIpc) is 3.35. The van der Waals surface area contributed by atoms with Crippen molar-refractivity contribution in [3.8, 4) is 0 Å². The van der Waals surface area contributed by atoms with Crippen LogP contribution < -0.4 is 0 Å². The molecule has 0 aliphatic carbocycles. The van der Waals surface area contributed by atoms with Gasteiger partial charge in [0.25, 0.3) is 0 Å². The summed E-state index contributed by atoms with van der Waals surface area (Å²) in [4.78, 5) is 38.7. The second-order valence-electron chi connectivity index (χ2n) is 21.5. The quantitative estimate of drug-likeness (QED) is 0.0358. The molecule has 422 valence electrons. The molecule has 0 aromatic heterocycles. The van der Waals surface area contributed by atoms with Crippen LogP contribution in [0.2, 0.25) is 0 Å². The molecule has 10 nitrogen and oxygen atoms in total. The Kier molecular flexibility index (Phi) is 50.7. The molecule has 1 heterocycles. The van der Waals surface area contributed by atoms with Gasteiger partial charge >= 0.3 is 11.9 Å². The van der Waals surface area contributed by atoms with Gasteiger partial charge in [-0.05, 0) is 104 Å². The molecule has 1 aliphatic heterocycles. The maximum atomic E-state index is 12.6. The largest absolute Gasteiger partial charge is 0.466 e. The number of Topliss-reactive ketones (excluding diaryl/α,β-unsaturated/α-hetero) is 1. The Hall–Kier alpha value is -1.59. The number of carbonyl (C=O) groups excluding carboxylic acids is 3. The van der Waals surface area contributed by atoms with Gasteiger partial charge in [0.15, 0.2) is 6.29 Å². The number of esters is 2. The molecule has 0 saturated carbocycles. The molecule has 71 heavy (non-hydrogen) atoms. The fourth-order valence-corrected chi connectivity index (χ4v) is 9.49. The van der Waals surface area contributed by atoms with Gasteiger partial charge in [0.2, 0.25) is 0 Å². The minimum Gasteiger partial charge on any atom is -0.466 e. The lowest BCUT2D eigenvalue weighted by atomic mass is 9.85. The molecule has 1 fully saturated rings. The maximum absolute atomic E-state index is 12.6. The van der Waals surface area contributed by atoms with E-state index < -0.39 is 11.9 Å². The van der Waals surface area contributed by atoms with E-state index >= 15 is 0 Å². The minimum absolute atomic E-state index is 0.0412. The Balaban J connectivity index is 0.00000195. The Morgan fingerprint density at radius 1 is 0.479 bits per heavy atom. The van der Waals surface area contributed by atoms with Crippen LogP contribution in [0.25, 0.3) is 0 Å². The van der Waals surface area contributed by atoms with E-state index in [0.29, 0.717) is 32.8 Å². The molecule has 0 spiro atoms. The van der Waals surface area contributed by atoms with Gasteiger partial charge in [-0.3, -0.25) is 14.4 Å². The van der Waals surface area contributed by atoms with E-state index in [9.17, 15) is 19.5 Å². The topological polar surface area (TPSA) is 121 Å². The minimum atomic E-state index is -0.655. The molecule has 1 rings (SSSR count). The number of aliphatic hydroxyl groups is 1. The molecule has 1 aliphatic rings. The molecule has 0 aromatic carbocycles. The molecule has 0 bridgehead atoms. The van der Waals surface area contributed by atoms with Gasteiger partial charge in [0, 0.05) is 26.2 Å². The van der Waals surface area contributed by atoms with E-state index in [2.05, 4.69) is 46.6 Å². The molecule has 2 atom stereocenters. The van der Waals surface area contributed by atoms with Crippen molar-refractivity contribution in [3.05, 3.63) is 0 Å². The van der Waals surface area contributed by atoms with Crippen molar-refractivity contribution < 1.29 is 43.2 Å². The summed E-state index contributed by atoms with van der Waals surface area (Å²) >= 11 is 0. The third-order valence-electron chi connectivity index (χ3n) is 14.3. The summed E-state index contributed by atoms with van der Waals surface area (Å²) in [5, 5.41) is 11.6. The van der Waals surface area contributed by atoms with E-state index in [1.807, 2.05) is 0 Å². The van der Waals surface area contributed by atoms with Crippen molar-refractivity contribution in [2.75, 3.05) is 53.2 Å². The second-order valence-corrected chi connectivity index (χ2v) is 21.5. The lowest BCUT2D eigenvalue weighted by Crippen LogP contribution is -2.34. The summed E-state index contributed by atoms with van der Waals surface area (Å²) in [6, 6.07) is 0. The number of carbonyl (C=O) groups is 3. The Morgan fingerprint density at radius 3 is 1.31 bits per heavy atom. The standard InChI is InChI=1S/C42H81NO7.C19H38O2/c1-5-8-11-14-19-28-42(46,30-21-25-36-50-41(45)38-26-31-43(4)32-27-38)29-20-15-18-22-33-47-39(44)37-40(48-34-23-16-12-9-6-2)49-35-24-17-13-10-7-3;1-4-6-8-10-11-13-15-19(17-18(3)20)21-16-14-12-9-7-5-2/h38,40,46H,5-37H2,1-4H3;19H,4-17H2,1-3H3. The number of ether oxygens (including phenoxy) is 5. The summed E-state index contributed by atoms with van der Waals surface area (Å²) in [5.41, 5.74) is -0.655. The van der Waals surface area contributed by atoms with Crippen LogP contribution in [0.1, 0.15) is 298 Å². The number of nitrogens with zero attached hydrogens (tertiary/aromatic N) is 1. The number of unbranched alkanes of at least 4 members (excludes halogenated alkanes) is 25. The van der Waals surface area contributed by atoms with Crippen molar-refractivity contribution >= 4 is 17.7 Å². The predicted molar refractivity (Wildman–Crippen MR) is 297 cm³/mol. The number of hydrogen-bond acceptors (Lipinski definition) is 10. The highest BCUT2D eigenvalue weighted by Gasteiger charge is 2.27. The van der Waals surface area contributed by atoms with E-state index in [1.54, 1.807) is 6.92 Å². The smallest absolute Gasteiger partial charge is 0.310 e. The fraction of sp³-hybridized carbons (Fsp3) is 0.951. The predicted octanol–water partition coefficient (Wildman–Crippen LogP) is 16.4. The van der Waals surface area contributed by atoms with Gasteiger partial charge in [0.1, 0.15) is 5.78 Å². The van der Waals surface area contributed by atoms with Gasteiger partial charge in [0.05, 0.1) is 37.3 Å². The van der Waals surface area contributed by atoms with Crippen LogP contribution in [0.4, 0.5) is 0 Å². The second kappa shape index (κ2) is 51.9. The first kappa shape index (κ1) is 69.4. The van der Waals surface area contributed by atoms with Crippen LogP contribution >= 0.6 is 0 Å².